The zero-order valence-corrected chi connectivity index (χ0v) is 14.8. The summed E-state index contributed by atoms with van der Waals surface area (Å²) in [5.41, 5.74) is 2.02. The smallest absolute Gasteiger partial charge is 0.313 e. The molecule has 134 valence electrons. The molecule has 7 heteroatoms. The van der Waals surface area contributed by atoms with Crippen molar-refractivity contribution >= 4 is 40.7 Å². The van der Waals surface area contributed by atoms with Crippen molar-refractivity contribution < 1.29 is 14.4 Å². The number of nitrogens with zero attached hydrogens (tertiary/aromatic N) is 1. The van der Waals surface area contributed by atoms with Crippen molar-refractivity contribution in [1.29, 1.82) is 0 Å². The Labute approximate surface area is 156 Å². The molecule has 0 atom stereocenters. The van der Waals surface area contributed by atoms with Crippen molar-refractivity contribution in [3.8, 4) is 0 Å². The lowest BCUT2D eigenvalue weighted by atomic mass is 10.2. The van der Waals surface area contributed by atoms with Crippen molar-refractivity contribution in [2.75, 3.05) is 16.8 Å². The van der Waals surface area contributed by atoms with Gasteiger partial charge in [-0.1, -0.05) is 29.8 Å². The standard InChI is InChI=1S/C19H18ClN3O3/c20-14-8-6-13(7-9-14)12-21-18(25)19(26)22-15-3-1-4-16(11-15)23-10-2-5-17(23)24/h1,3-4,6-9,11H,2,5,10,12H2,(H,21,25)(H,22,26). The van der Waals surface area contributed by atoms with Gasteiger partial charge in [0.2, 0.25) is 5.91 Å². The van der Waals surface area contributed by atoms with Crippen LogP contribution in [0.25, 0.3) is 0 Å². The van der Waals surface area contributed by atoms with Crippen molar-refractivity contribution in [1.82, 2.24) is 5.32 Å². The summed E-state index contributed by atoms with van der Waals surface area (Å²) in [6.07, 6.45) is 1.35. The highest BCUT2D eigenvalue weighted by Crippen LogP contribution is 2.24. The van der Waals surface area contributed by atoms with Crippen LogP contribution in [0, 0.1) is 0 Å². The lowest BCUT2D eigenvalue weighted by molar-refractivity contribution is -0.136. The van der Waals surface area contributed by atoms with E-state index < -0.39 is 11.8 Å². The molecule has 2 aromatic carbocycles. The summed E-state index contributed by atoms with van der Waals surface area (Å²) in [4.78, 5) is 37.5. The fourth-order valence-corrected chi connectivity index (χ4v) is 2.85. The van der Waals surface area contributed by atoms with E-state index in [1.54, 1.807) is 53.4 Å². The monoisotopic (exact) mass is 371 g/mol. The minimum Gasteiger partial charge on any atom is -0.344 e. The van der Waals surface area contributed by atoms with Crippen LogP contribution in [0.3, 0.4) is 0 Å². The molecule has 0 aliphatic carbocycles. The second kappa shape index (κ2) is 8.01. The summed E-state index contributed by atoms with van der Waals surface area (Å²) in [6, 6.07) is 13.9. The Kier molecular flexibility index (Phi) is 5.53. The molecule has 0 saturated carbocycles. The van der Waals surface area contributed by atoms with E-state index in [-0.39, 0.29) is 12.5 Å². The van der Waals surface area contributed by atoms with Crippen LogP contribution in [0.2, 0.25) is 5.02 Å². The van der Waals surface area contributed by atoms with Crippen molar-refractivity contribution in [2.45, 2.75) is 19.4 Å². The minimum absolute atomic E-state index is 0.0641. The van der Waals surface area contributed by atoms with E-state index in [1.165, 1.54) is 0 Å². The Balaban J connectivity index is 1.57. The first kappa shape index (κ1) is 17.9. The topological polar surface area (TPSA) is 78.5 Å². The van der Waals surface area contributed by atoms with Crippen LogP contribution < -0.4 is 15.5 Å². The summed E-state index contributed by atoms with van der Waals surface area (Å²) in [5.74, 6) is -1.43. The maximum atomic E-state index is 12.1. The first-order valence-corrected chi connectivity index (χ1v) is 8.65. The lowest BCUT2D eigenvalue weighted by Crippen LogP contribution is -2.35. The van der Waals surface area contributed by atoms with Gasteiger partial charge in [-0.3, -0.25) is 14.4 Å². The van der Waals surface area contributed by atoms with E-state index in [0.29, 0.717) is 29.4 Å². The molecule has 1 fully saturated rings. The Morgan fingerprint density at radius 3 is 2.54 bits per heavy atom. The van der Waals surface area contributed by atoms with Crippen LogP contribution in [-0.4, -0.2) is 24.3 Å². The lowest BCUT2D eigenvalue weighted by Gasteiger charge is -2.16. The third-order valence-electron chi connectivity index (χ3n) is 4.06. The maximum absolute atomic E-state index is 12.1. The zero-order valence-electron chi connectivity index (χ0n) is 14.0. The molecule has 0 unspecified atom stereocenters. The summed E-state index contributed by atoms with van der Waals surface area (Å²) in [7, 11) is 0. The second-order valence-electron chi connectivity index (χ2n) is 5.96. The van der Waals surface area contributed by atoms with Gasteiger partial charge >= 0.3 is 11.8 Å². The molecule has 0 aromatic heterocycles. The maximum Gasteiger partial charge on any atom is 0.313 e. The molecule has 0 spiro atoms. The molecule has 0 bridgehead atoms. The van der Waals surface area contributed by atoms with Crippen LogP contribution in [0.1, 0.15) is 18.4 Å². The van der Waals surface area contributed by atoms with Crippen LogP contribution >= 0.6 is 11.6 Å². The predicted octanol–water partition coefficient (Wildman–Crippen LogP) is 2.72. The molecule has 2 N–H and O–H groups in total. The number of benzene rings is 2. The molecule has 1 aliphatic rings. The fourth-order valence-electron chi connectivity index (χ4n) is 2.73. The third kappa shape index (κ3) is 4.40. The molecule has 1 saturated heterocycles. The number of hydrogen-bond donors (Lipinski definition) is 2. The summed E-state index contributed by atoms with van der Waals surface area (Å²) >= 11 is 5.81. The highest BCUT2D eigenvalue weighted by atomic mass is 35.5. The van der Waals surface area contributed by atoms with E-state index in [4.69, 9.17) is 11.6 Å². The van der Waals surface area contributed by atoms with Gasteiger partial charge < -0.3 is 15.5 Å². The number of hydrogen-bond acceptors (Lipinski definition) is 3. The van der Waals surface area contributed by atoms with E-state index in [2.05, 4.69) is 10.6 Å². The molecule has 1 heterocycles. The Bertz CT molecular complexity index is 836. The number of anilines is 2. The molecule has 1 aliphatic heterocycles. The van der Waals surface area contributed by atoms with E-state index in [0.717, 1.165) is 12.0 Å². The van der Waals surface area contributed by atoms with Crippen LogP contribution in [0.15, 0.2) is 48.5 Å². The zero-order chi connectivity index (χ0) is 18.5. The number of carbonyl (C=O) groups excluding carboxylic acids is 3. The summed E-state index contributed by atoms with van der Waals surface area (Å²) in [5, 5.41) is 5.72. The predicted molar refractivity (Wildman–Crippen MR) is 100.0 cm³/mol. The molecular formula is C19H18ClN3O3. The highest BCUT2D eigenvalue weighted by molar-refractivity contribution is 6.39. The Morgan fingerprint density at radius 2 is 1.85 bits per heavy atom. The molecule has 3 amide bonds. The molecule has 6 nitrogen and oxygen atoms in total. The average Bonchev–Trinajstić information content (AvgIpc) is 3.07. The molecular weight excluding hydrogens is 354 g/mol. The van der Waals surface area contributed by atoms with Crippen molar-refractivity contribution in [2.24, 2.45) is 0 Å². The van der Waals surface area contributed by atoms with E-state index in [1.807, 2.05) is 0 Å². The molecule has 0 radical (unpaired) electrons. The SMILES string of the molecule is O=C(NCc1ccc(Cl)cc1)C(=O)Nc1cccc(N2CCCC2=O)c1. The van der Waals surface area contributed by atoms with Gasteiger partial charge in [-0.2, -0.15) is 0 Å². The highest BCUT2D eigenvalue weighted by Gasteiger charge is 2.22. The summed E-state index contributed by atoms with van der Waals surface area (Å²) < 4.78 is 0. The van der Waals surface area contributed by atoms with Gasteiger partial charge in [0, 0.05) is 35.9 Å². The van der Waals surface area contributed by atoms with Gasteiger partial charge in [-0.25, -0.2) is 0 Å². The van der Waals surface area contributed by atoms with Gasteiger partial charge in [-0.05, 0) is 42.3 Å². The summed E-state index contributed by atoms with van der Waals surface area (Å²) in [6.45, 7) is 0.892. The van der Waals surface area contributed by atoms with Gasteiger partial charge in [0.1, 0.15) is 0 Å². The van der Waals surface area contributed by atoms with E-state index >= 15 is 0 Å². The van der Waals surface area contributed by atoms with E-state index in [9.17, 15) is 14.4 Å². The van der Waals surface area contributed by atoms with Gasteiger partial charge in [0.15, 0.2) is 0 Å². The number of amides is 3. The molecule has 26 heavy (non-hydrogen) atoms. The number of halogens is 1. The number of rotatable bonds is 4. The van der Waals surface area contributed by atoms with Crippen molar-refractivity contribution in [3.05, 3.63) is 59.1 Å². The number of carbonyl (C=O) groups is 3. The van der Waals surface area contributed by atoms with Gasteiger partial charge in [0.05, 0.1) is 0 Å². The third-order valence-corrected chi connectivity index (χ3v) is 4.31. The first-order chi connectivity index (χ1) is 12.5. The molecule has 3 rings (SSSR count). The van der Waals surface area contributed by atoms with Gasteiger partial charge in [0.25, 0.3) is 0 Å². The molecule has 2 aromatic rings. The second-order valence-corrected chi connectivity index (χ2v) is 6.40. The van der Waals surface area contributed by atoms with Crippen LogP contribution in [-0.2, 0) is 20.9 Å². The van der Waals surface area contributed by atoms with Crippen molar-refractivity contribution in [3.63, 3.8) is 0 Å². The van der Waals surface area contributed by atoms with Gasteiger partial charge in [-0.15, -0.1) is 0 Å². The average molecular weight is 372 g/mol. The fraction of sp³-hybridized carbons (Fsp3) is 0.211. The Morgan fingerprint density at radius 1 is 1.08 bits per heavy atom. The van der Waals surface area contributed by atoms with Crippen LogP contribution in [0.4, 0.5) is 11.4 Å². The Hall–Kier alpha value is -2.86. The largest absolute Gasteiger partial charge is 0.344 e. The normalized spacial score (nSPS) is 13.6. The van der Waals surface area contributed by atoms with Crippen LogP contribution in [0.5, 0.6) is 0 Å². The first-order valence-electron chi connectivity index (χ1n) is 8.27. The number of nitrogens with one attached hydrogen (secondary N) is 2. The minimum atomic E-state index is -0.760. The quantitative estimate of drug-likeness (QED) is 0.811.